The van der Waals surface area contributed by atoms with E-state index in [2.05, 4.69) is 21.7 Å². The van der Waals surface area contributed by atoms with Crippen molar-refractivity contribution in [3.05, 3.63) is 17.2 Å². The minimum absolute atomic E-state index is 0.0924. The van der Waals surface area contributed by atoms with Crippen LogP contribution in [-0.4, -0.2) is 63.4 Å². The van der Waals surface area contributed by atoms with Crippen LogP contribution in [0.25, 0.3) is 0 Å². The minimum Gasteiger partial charge on any atom is -0.395 e. The second-order valence-corrected chi connectivity index (χ2v) is 7.54. The van der Waals surface area contributed by atoms with E-state index in [1.165, 1.54) is 0 Å². The van der Waals surface area contributed by atoms with Gasteiger partial charge in [0.25, 0.3) is 0 Å². The summed E-state index contributed by atoms with van der Waals surface area (Å²) in [7, 11) is -1.65. The lowest BCUT2D eigenvalue weighted by Crippen LogP contribution is -2.20. The van der Waals surface area contributed by atoms with Gasteiger partial charge in [0, 0.05) is 26.8 Å². The lowest BCUT2D eigenvalue weighted by Gasteiger charge is -2.13. The standard InChI is InChI=1S/C15H24N4O4S/c1-12-10-14(17-5-8-24(21,22)9-6-20)19-15(13(12)11-16)18-4-3-7-23-2/h10,20H,3-9H2,1-2H3,(H2,17,18,19). The fraction of sp³-hybridized carbons (Fsp3) is 0.600. The van der Waals surface area contributed by atoms with E-state index in [4.69, 9.17) is 9.84 Å². The van der Waals surface area contributed by atoms with Gasteiger partial charge in [0.2, 0.25) is 0 Å². The number of aryl methyl sites for hydroxylation is 1. The summed E-state index contributed by atoms with van der Waals surface area (Å²) in [5.41, 5.74) is 1.22. The second kappa shape index (κ2) is 10.1. The SMILES string of the molecule is COCCCNc1nc(NCCS(=O)(=O)CCO)cc(C)c1C#N. The molecule has 24 heavy (non-hydrogen) atoms. The molecule has 0 saturated heterocycles. The van der Waals surface area contributed by atoms with Crippen molar-refractivity contribution in [3.8, 4) is 6.07 Å². The summed E-state index contributed by atoms with van der Waals surface area (Å²) in [6.07, 6.45) is 0.777. The molecule has 0 spiro atoms. The summed E-state index contributed by atoms with van der Waals surface area (Å²) in [6.45, 7) is 2.82. The van der Waals surface area contributed by atoms with Crippen molar-refractivity contribution in [3.63, 3.8) is 0 Å². The van der Waals surface area contributed by atoms with Crippen LogP contribution in [0.2, 0.25) is 0 Å². The Morgan fingerprint density at radius 1 is 1.33 bits per heavy atom. The molecular weight excluding hydrogens is 332 g/mol. The topological polar surface area (TPSA) is 124 Å². The van der Waals surface area contributed by atoms with E-state index in [1.54, 1.807) is 20.1 Å². The van der Waals surface area contributed by atoms with E-state index >= 15 is 0 Å². The fourth-order valence-corrected chi connectivity index (χ4v) is 2.93. The Kier molecular flexibility index (Phi) is 8.46. The zero-order valence-corrected chi connectivity index (χ0v) is 14.8. The predicted octanol–water partition coefficient (Wildman–Crippen LogP) is 0.529. The third-order valence-electron chi connectivity index (χ3n) is 3.27. The molecule has 1 aromatic rings. The van der Waals surface area contributed by atoms with Gasteiger partial charge in [0.1, 0.15) is 17.7 Å². The van der Waals surface area contributed by atoms with Crippen molar-refractivity contribution in [2.75, 3.05) is 55.6 Å². The first-order chi connectivity index (χ1) is 11.4. The van der Waals surface area contributed by atoms with Crippen LogP contribution in [-0.2, 0) is 14.6 Å². The predicted molar refractivity (Wildman–Crippen MR) is 92.9 cm³/mol. The van der Waals surface area contributed by atoms with Gasteiger partial charge in [0.05, 0.1) is 23.7 Å². The molecule has 0 amide bonds. The smallest absolute Gasteiger partial charge is 0.154 e. The van der Waals surface area contributed by atoms with Gasteiger partial charge in [-0.1, -0.05) is 0 Å². The average molecular weight is 356 g/mol. The van der Waals surface area contributed by atoms with Gasteiger partial charge in [-0.2, -0.15) is 5.26 Å². The quantitative estimate of drug-likeness (QED) is 0.490. The van der Waals surface area contributed by atoms with E-state index in [9.17, 15) is 13.7 Å². The maximum atomic E-state index is 11.6. The highest BCUT2D eigenvalue weighted by Gasteiger charge is 2.12. The molecule has 0 aliphatic rings. The largest absolute Gasteiger partial charge is 0.395 e. The van der Waals surface area contributed by atoms with Crippen LogP contribution in [0.5, 0.6) is 0 Å². The summed E-state index contributed by atoms with van der Waals surface area (Å²) in [5, 5.41) is 24.0. The van der Waals surface area contributed by atoms with Crippen LogP contribution < -0.4 is 10.6 Å². The highest BCUT2D eigenvalue weighted by atomic mass is 32.2. The van der Waals surface area contributed by atoms with Gasteiger partial charge >= 0.3 is 0 Å². The van der Waals surface area contributed by atoms with E-state index < -0.39 is 9.84 Å². The Balaban J connectivity index is 2.74. The highest BCUT2D eigenvalue weighted by molar-refractivity contribution is 7.91. The monoisotopic (exact) mass is 356 g/mol. The molecule has 8 nitrogen and oxygen atoms in total. The van der Waals surface area contributed by atoms with E-state index in [-0.39, 0.29) is 24.7 Å². The lowest BCUT2D eigenvalue weighted by atomic mass is 10.1. The van der Waals surface area contributed by atoms with Crippen LogP contribution in [0.1, 0.15) is 17.5 Å². The molecule has 1 heterocycles. The zero-order valence-electron chi connectivity index (χ0n) is 14.0. The Labute approximate surface area is 142 Å². The summed E-state index contributed by atoms with van der Waals surface area (Å²) in [5.74, 6) is 0.625. The number of aliphatic hydroxyl groups is 1. The van der Waals surface area contributed by atoms with Crippen molar-refractivity contribution >= 4 is 21.5 Å². The molecule has 0 atom stereocenters. The van der Waals surface area contributed by atoms with Gasteiger partial charge < -0.3 is 20.5 Å². The number of ether oxygens (including phenoxy) is 1. The van der Waals surface area contributed by atoms with Gasteiger partial charge in [-0.25, -0.2) is 13.4 Å². The number of hydrogen-bond acceptors (Lipinski definition) is 8. The molecule has 0 aliphatic heterocycles. The van der Waals surface area contributed by atoms with Crippen LogP contribution in [0.15, 0.2) is 6.07 Å². The fourth-order valence-electron chi connectivity index (χ4n) is 2.03. The zero-order chi connectivity index (χ0) is 18.0. The van der Waals surface area contributed by atoms with Crippen molar-refractivity contribution in [1.82, 2.24) is 4.98 Å². The number of rotatable bonds is 11. The van der Waals surface area contributed by atoms with Crippen LogP contribution in [0, 0.1) is 18.3 Å². The normalized spacial score (nSPS) is 11.1. The summed E-state index contributed by atoms with van der Waals surface area (Å²) < 4.78 is 28.1. The number of anilines is 2. The Bertz CT molecular complexity index is 671. The van der Waals surface area contributed by atoms with Crippen molar-refractivity contribution in [2.24, 2.45) is 0 Å². The number of aliphatic hydroxyl groups excluding tert-OH is 1. The second-order valence-electron chi connectivity index (χ2n) is 5.24. The number of hydrogen-bond donors (Lipinski definition) is 3. The molecular formula is C15H24N4O4S. The van der Waals surface area contributed by atoms with Gasteiger partial charge in [-0.15, -0.1) is 0 Å². The molecule has 0 bridgehead atoms. The number of aromatic nitrogens is 1. The Hall–Kier alpha value is -1.89. The molecule has 0 radical (unpaired) electrons. The van der Waals surface area contributed by atoms with Crippen molar-refractivity contribution in [2.45, 2.75) is 13.3 Å². The summed E-state index contributed by atoms with van der Waals surface area (Å²) >= 11 is 0. The first kappa shape index (κ1) is 20.2. The lowest BCUT2D eigenvalue weighted by molar-refractivity contribution is 0.198. The van der Waals surface area contributed by atoms with Crippen LogP contribution in [0.4, 0.5) is 11.6 Å². The number of sulfone groups is 1. The molecule has 9 heteroatoms. The Morgan fingerprint density at radius 2 is 2.08 bits per heavy atom. The van der Waals surface area contributed by atoms with Gasteiger partial charge in [-0.05, 0) is 25.0 Å². The maximum absolute atomic E-state index is 11.6. The summed E-state index contributed by atoms with van der Waals surface area (Å²) in [6, 6.07) is 3.83. The summed E-state index contributed by atoms with van der Waals surface area (Å²) in [4.78, 5) is 4.34. The number of nitriles is 1. The number of methoxy groups -OCH3 is 1. The average Bonchev–Trinajstić information content (AvgIpc) is 2.51. The minimum atomic E-state index is -3.28. The molecule has 0 fully saturated rings. The van der Waals surface area contributed by atoms with E-state index in [0.717, 1.165) is 12.0 Å². The third-order valence-corrected chi connectivity index (χ3v) is 4.90. The first-order valence-electron chi connectivity index (χ1n) is 7.63. The Morgan fingerprint density at radius 3 is 2.71 bits per heavy atom. The van der Waals surface area contributed by atoms with Gasteiger partial charge in [-0.3, -0.25) is 0 Å². The van der Waals surface area contributed by atoms with E-state index in [1.807, 2.05) is 0 Å². The molecule has 0 unspecified atom stereocenters. The third kappa shape index (κ3) is 6.70. The number of nitrogens with zero attached hydrogens (tertiary/aromatic N) is 2. The van der Waals surface area contributed by atoms with Crippen LogP contribution >= 0.6 is 0 Å². The molecule has 1 rings (SSSR count). The van der Waals surface area contributed by atoms with Gasteiger partial charge in [0.15, 0.2) is 9.84 Å². The number of pyridine rings is 1. The number of nitrogens with one attached hydrogen (secondary N) is 2. The molecule has 3 N–H and O–H groups in total. The molecule has 134 valence electrons. The molecule has 0 aliphatic carbocycles. The first-order valence-corrected chi connectivity index (χ1v) is 9.45. The molecule has 0 aromatic carbocycles. The molecule has 1 aromatic heterocycles. The van der Waals surface area contributed by atoms with Crippen molar-refractivity contribution < 1.29 is 18.3 Å². The molecule has 0 saturated carbocycles. The van der Waals surface area contributed by atoms with Crippen LogP contribution in [0.3, 0.4) is 0 Å². The maximum Gasteiger partial charge on any atom is 0.154 e. The van der Waals surface area contributed by atoms with Crippen molar-refractivity contribution in [1.29, 1.82) is 5.26 Å². The highest BCUT2D eigenvalue weighted by Crippen LogP contribution is 2.20. The van der Waals surface area contributed by atoms with E-state index in [0.29, 0.717) is 30.4 Å².